The minimum absolute atomic E-state index is 0.121. The number of benzene rings is 3. The zero-order valence-electron chi connectivity index (χ0n) is 27.3. The van der Waals surface area contributed by atoms with Crippen LogP contribution in [0.4, 0.5) is 28.7 Å². The highest BCUT2D eigenvalue weighted by Gasteiger charge is 2.20. The smallest absolute Gasteiger partial charge is 0.231 e. The van der Waals surface area contributed by atoms with Gasteiger partial charge in [-0.15, -0.1) is 5.11 Å². The van der Waals surface area contributed by atoms with Crippen LogP contribution in [-0.2, 0) is 14.6 Å². The second-order valence-corrected chi connectivity index (χ2v) is 13.6. The summed E-state index contributed by atoms with van der Waals surface area (Å²) in [5.41, 5.74) is 0.0813. The molecule has 0 saturated carbocycles. The topological polar surface area (TPSA) is 213 Å². The van der Waals surface area contributed by atoms with E-state index in [9.17, 15) is 28.7 Å². The fourth-order valence-corrected chi connectivity index (χ4v) is 6.36. The number of azo groups is 1. The number of aliphatic hydroxyl groups is 3. The number of nitriles is 1. The number of rotatable bonds is 18. The summed E-state index contributed by atoms with van der Waals surface area (Å²) in [5, 5.41) is 54.3. The van der Waals surface area contributed by atoms with Crippen LogP contribution in [0.25, 0.3) is 10.8 Å². The second-order valence-electron chi connectivity index (χ2n) is 11.5. The summed E-state index contributed by atoms with van der Waals surface area (Å²) in [7, 11) is -3.67. The number of hydrogen-bond acceptors (Lipinski definition) is 13. The number of para-hydroxylation sites is 1. The molecule has 15 heteroatoms. The summed E-state index contributed by atoms with van der Waals surface area (Å²) in [6.07, 6.45) is -1.34. The van der Waals surface area contributed by atoms with E-state index in [1.165, 1.54) is 6.07 Å². The molecule has 3 aromatic carbocycles. The molecular formula is C34H41N7O7S. The van der Waals surface area contributed by atoms with Gasteiger partial charge in [-0.1, -0.05) is 30.3 Å². The summed E-state index contributed by atoms with van der Waals surface area (Å²) in [6, 6.07) is 20.8. The third kappa shape index (κ3) is 10.6. The number of pyridine rings is 1. The summed E-state index contributed by atoms with van der Waals surface area (Å²) < 4.78 is 31.6. The number of sulfone groups is 1. The zero-order chi connectivity index (χ0) is 35.4. The van der Waals surface area contributed by atoms with E-state index >= 15 is 0 Å². The predicted octanol–water partition coefficient (Wildman–Crippen LogP) is 3.82. The van der Waals surface area contributed by atoms with E-state index < -0.39 is 27.5 Å². The van der Waals surface area contributed by atoms with Gasteiger partial charge in [-0.2, -0.15) is 10.4 Å². The van der Waals surface area contributed by atoms with Crippen molar-refractivity contribution in [1.29, 1.82) is 5.26 Å². The lowest BCUT2D eigenvalue weighted by Crippen LogP contribution is -2.39. The SMILES string of the molecule is CC(O)CN(CCS(=O)(=O)c1ccc2cc(N=Nc3c(Nc4ccccc4)[nH]c(NCCOCCO)c(C#N)c3=O)ccc2c1)CC(C)O. The number of ether oxygens (including phenoxy) is 1. The summed E-state index contributed by atoms with van der Waals surface area (Å²) in [5.74, 6) is 0.190. The number of anilines is 3. The van der Waals surface area contributed by atoms with Crippen molar-refractivity contribution >= 4 is 49.3 Å². The van der Waals surface area contributed by atoms with Crippen molar-refractivity contribution in [2.45, 2.75) is 31.0 Å². The monoisotopic (exact) mass is 691 g/mol. The molecule has 0 amide bonds. The van der Waals surface area contributed by atoms with Gasteiger partial charge in [0.25, 0.3) is 0 Å². The fraction of sp³-hybridized carbons (Fsp3) is 0.353. The minimum atomic E-state index is -3.67. The predicted molar refractivity (Wildman–Crippen MR) is 188 cm³/mol. The van der Waals surface area contributed by atoms with Gasteiger partial charge < -0.3 is 35.7 Å². The van der Waals surface area contributed by atoms with Gasteiger partial charge >= 0.3 is 0 Å². The van der Waals surface area contributed by atoms with Crippen LogP contribution < -0.4 is 16.1 Å². The van der Waals surface area contributed by atoms with Gasteiger partial charge in [-0.3, -0.25) is 9.69 Å². The molecule has 2 unspecified atom stereocenters. The molecule has 0 bridgehead atoms. The maximum absolute atomic E-state index is 13.5. The van der Waals surface area contributed by atoms with E-state index in [1.54, 1.807) is 61.2 Å². The largest absolute Gasteiger partial charge is 0.394 e. The average molecular weight is 692 g/mol. The number of aliphatic hydroxyl groups excluding tert-OH is 3. The summed E-state index contributed by atoms with van der Waals surface area (Å²) >= 11 is 0. The van der Waals surface area contributed by atoms with Crippen molar-refractivity contribution in [3.8, 4) is 6.07 Å². The first-order valence-electron chi connectivity index (χ1n) is 15.7. The van der Waals surface area contributed by atoms with Crippen molar-refractivity contribution < 1.29 is 28.5 Å². The van der Waals surface area contributed by atoms with Gasteiger partial charge in [0.1, 0.15) is 23.3 Å². The zero-order valence-corrected chi connectivity index (χ0v) is 28.2. The summed E-state index contributed by atoms with van der Waals surface area (Å²) in [4.78, 5) is 18.4. The number of nitrogens with zero attached hydrogens (tertiary/aromatic N) is 4. The first-order valence-corrected chi connectivity index (χ1v) is 17.4. The van der Waals surface area contributed by atoms with Crippen LogP contribution in [0, 0.1) is 11.3 Å². The molecule has 1 aromatic heterocycles. The molecule has 6 N–H and O–H groups in total. The maximum atomic E-state index is 13.5. The fourth-order valence-electron chi connectivity index (χ4n) is 5.04. The quantitative estimate of drug-likeness (QED) is 0.0652. The first-order chi connectivity index (χ1) is 23.5. The van der Waals surface area contributed by atoms with Crippen LogP contribution in [0.2, 0.25) is 0 Å². The number of fused-ring (bicyclic) bond motifs is 1. The molecule has 260 valence electrons. The third-order valence-electron chi connectivity index (χ3n) is 7.26. The molecule has 0 spiro atoms. The highest BCUT2D eigenvalue weighted by molar-refractivity contribution is 7.91. The van der Waals surface area contributed by atoms with Crippen molar-refractivity contribution in [1.82, 2.24) is 9.88 Å². The average Bonchev–Trinajstić information content (AvgIpc) is 3.06. The normalized spacial score (nSPS) is 13.1. The van der Waals surface area contributed by atoms with Gasteiger partial charge in [0, 0.05) is 31.9 Å². The van der Waals surface area contributed by atoms with Crippen LogP contribution in [0.1, 0.15) is 19.4 Å². The lowest BCUT2D eigenvalue weighted by Gasteiger charge is -2.24. The molecular weight excluding hydrogens is 650 g/mol. The Balaban J connectivity index is 1.59. The van der Waals surface area contributed by atoms with Crippen molar-refractivity contribution in [3.05, 3.63) is 82.5 Å². The number of H-pyrrole nitrogens is 1. The van der Waals surface area contributed by atoms with Gasteiger partial charge in [-0.05, 0) is 61.0 Å². The van der Waals surface area contributed by atoms with Crippen LogP contribution >= 0.6 is 0 Å². The van der Waals surface area contributed by atoms with Crippen LogP contribution in [0.3, 0.4) is 0 Å². The minimum Gasteiger partial charge on any atom is -0.394 e. The first kappa shape index (κ1) is 37.1. The molecule has 49 heavy (non-hydrogen) atoms. The second kappa shape index (κ2) is 17.6. The molecule has 0 aliphatic carbocycles. The molecule has 0 saturated heterocycles. The Morgan fingerprint density at radius 2 is 1.65 bits per heavy atom. The Kier molecular flexibility index (Phi) is 13.4. The Morgan fingerprint density at radius 3 is 2.33 bits per heavy atom. The number of aromatic amines is 1. The van der Waals surface area contributed by atoms with E-state index in [-0.39, 0.29) is 79.5 Å². The molecule has 2 atom stereocenters. The van der Waals surface area contributed by atoms with E-state index in [2.05, 4.69) is 25.8 Å². The summed E-state index contributed by atoms with van der Waals surface area (Å²) in [6.45, 7) is 4.39. The number of nitrogens with one attached hydrogen (secondary N) is 3. The molecule has 0 aliphatic rings. The van der Waals surface area contributed by atoms with Crippen LogP contribution in [0.5, 0.6) is 0 Å². The standard InChI is InChI=1S/C34H41N7O7S/c1-23(43)21-41(22-24(2)44)13-17-49(46,47)29-11-9-25-18-28(10-8-26(25)19-29)39-40-31-32(45)30(20-35)33(36-12-15-48-16-14-42)38-34(31)37-27-6-4-3-5-7-27/h3-11,18-19,23-24,42-44H,12-17,21-22H2,1-2H3,(H3,36,37,38,45). The molecule has 4 rings (SSSR count). The van der Waals surface area contributed by atoms with E-state index in [0.29, 0.717) is 22.1 Å². The molecule has 0 aliphatic heterocycles. The van der Waals surface area contributed by atoms with E-state index in [1.807, 2.05) is 24.3 Å². The maximum Gasteiger partial charge on any atom is 0.231 e. The Morgan fingerprint density at radius 1 is 0.959 bits per heavy atom. The number of hydrogen-bond donors (Lipinski definition) is 6. The lowest BCUT2D eigenvalue weighted by molar-refractivity contribution is 0.0873. The van der Waals surface area contributed by atoms with Crippen LogP contribution in [-0.4, -0.2) is 97.6 Å². The van der Waals surface area contributed by atoms with Gasteiger partial charge in [0.15, 0.2) is 15.5 Å². The van der Waals surface area contributed by atoms with Crippen molar-refractivity contribution in [3.63, 3.8) is 0 Å². The highest BCUT2D eigenvalue weighted by atomic mass is 32.2. The molecule has 0 radical (unpaired) electrons. The molecule has 0 fully saturated rings. The van der Waals surface area contributed by atoms with Crippen molar-refractivity contribution in [2.75, 3.05) is 62.4 Å². The van der Waals surface area contributed by atoms with Crippen molar-refractivity contribution in [2.24, 2.45) is 10.2 Å². The third-order valence-corrected chi connectivity index (χ3v) is 8.95. The number of aromatic nitrogens is 1. The Labute approximate surface area is 284 Å². The van der Waals surface area contributed by atoms with Gasteiger partial charge in [0.05, 0.1) is 48.4 Å². The van der Waals surface area contributed by atoms with Gasteiger partial charge in [-0.25, -0.2) is 8.42 Å². The van der Waals surface area contributed by atoms with E-state index in [0.717, 1.165) is 0 Å². The van der Waals surface area contributed by atoms with E-state index in [4.69, 9.17) is 9.84 Å². The highest BCUT2D eigenvalue weighted by Crippen LogP contribution is 2.30. The van der Waals surface area contributed by atoms with Crippen LogP contribution in [0.15, 0.2) is 86.6 Å². The molecule has 4 aromatic rings. The lowest BCUT2D eigenvalue weighted by atomic mass is 10.1. The molecule has 1 heterocycles. The molecule has 14 nitrogen and oxygen atoms in total. The Bertz CT molecular complexity index is 1930. The van der Waals surface area contributed by atoms with Gasteiger partial charge in [0.2, 0.25) is 5.43 Å². The Hall–Kier alpha value is -4.69.